The lowest BCUT2D eigenvalue weighted by Crippen LogP contribution is -2.26. The summed E-state index contributed by atoms with van der Waals surface area (Å²) in [6.07, 6.45) is 11.5. The molecule has 0 aliphatic rings. The zero-order valence-corrected chi connectivity index (χ0v) is 27.0. The fraction of sp³-hybridized carbons (Fsp3) is 0.171. The molecule has 3 heterocycles. The minimum atomic E-state index is 0.273. The Balaban J connectivity index is 1.61. The highest BCUT2D eigenvalue weighted by Crippen LogP contribution is 2.26. The van der Waals surface area contributed by atoms with Crippen molar-refractivity contribution >= 4 is 39.0 Å². The summed E-state index contributed by atoms with van der Waals surface area (Å²) in [7, 11) is 3.29. The predicted octanol–water partition coefficient (Wildman–Crippen LogP) is 6.60. The van der Waals surface area contributed by atoms with Gasteiger partial charge in [0.25, 0.3) is 0 Å². The van der Waals surface area contributed by atoms with Crippen molar-refractivity contribution in [3.63, 3.8) is 0 Å². The molecule has 0 saturated carbocycles. The van der Waals surface area contributed by atoms with E-state index in [1.54, 1.807) is 37.0 Å². The molecule has 0 spiro atoms. The highest BCUT2D eigenvalue weighted by atomic mass is 79.9. The van der Waals surface area contributed by atoms with Crippen LogP contribution < -0.4 is 19.7 Å². The Kier molecular flexibility index (Phi) is 10.6. The molecule has 5 rings (SSSR count). The van der Waals surface area contributed by atoms with Crippen LogP contribution in [-0.4, -0.2) is 38.8 Å². The van der Waals surface area contributed by atoms with Gasteiger partial charge in [0.15, 0.2) is 5.65 Å². The first-order chi connectivity index (χ1) is 22.5. The first-order valence-electron chi connectivity index (χ1n) is 14.3. The summed E-state index contributed by atoms with van der Waals surface area (Å²) in [6.45, 7) is 1.43. The van der Waals surface area contributed by atoms with Crippen LogP contribution in [0.5, 0.6) is 11.5 Å². The molecule has 0 aliphatic carbocycles. The first-order valence-corrected chi connectivity index (χ1v) is 15.1. The van der Waals surface area contributed by atoms with Crippen molar-refractivity contribution in [2.45, 2.75) is 26.1 Å². The van der Waals surface area contributed by atoms with Crippen molar-refractivity contribution < 1.29 is 9.47 Å². The number of hydrogen-bond donors (Lipinski definition) is 1. The van der Waals surface area contributed by atoms with E-state index in [2.05, 4.69) is 43.1 Å². The maximum atomic E-state index is 8.93. The lowest BCUT2D eigenvalue weighted by Gasteiger charge is -2.25. The van der Waals surface area contributed by atoms with Gasteiger partial charge in [0.2, 0.25) is 11.9 Å². The van der Waals surface area contributed by atoms with Crippen molar-refractivity contribution in [1.82, 2.24) is 24.6 Å². The van der Waals surface area contributed by atoms with Gasteiger partial charge in [-0.3, -0.25) is 0 Å². The minimum Gasteiger partial charge on any atom is -0.497 e. The molecule has 0 aliphatic heterocycles. The molecule has 10 nitrogen and oxygen atoms in total. The molecule has 3 aromatic heterocycles. The molecule has 0 bridgehead atoms. The van der Waals surface area contributed by atoms with E-state index < -0.39 is 0 Å². The topological polar surface area (TPSA) is 113 Å². The summed E-state index contributed by atoms with van der Waals surface area (Å²) < 4.78 is 13.2. The molecule has 0 amide bonds. The van der Waals surface area contributed by atoms with E-state index in [9.17, 15) is 0 Å². The lowest BCUT2D eigenvalue weighted by molar-refractivity contribution is 0.414. The van der Waals surface area contributed by atoms with Gasteiger partial charge in [-0.15, -0.1) is 11.5 Å². The molecule has 230 valence electrons. The largest absolute Gasteiger partial charge is 0.497 e. The highest BCUT2D eigenvalue weighted by molar-refractivity contribution is 9.10. The molecule has 2 aromatic carbocycles. The second kappa shape index (κ2) is 15.4. The number of nitrogens with zero attached hydrogens (tertiary/aromatic N) is 7. The Hall–Kier alpha value is -5.65. The number of rotatable bonds is 13. The third-order valence-electron chi connectivity index (χ3n) is 6.90. The fourth-order valence-electron chi connectivity index (χ4n) is 4.60. The second-order valence-electron chi connectivity index (χ2n) is 10.0. The van der Waals surface area contributed by atoms with Crippen LogP contribution in [0.3, 0.4) is 0 Å². The summed E-state index contributed by atoms with van der Waals surface area (Å²) in [5, 5.41) is 17.0. The summed E-state index contributed by atoms with van der Waals surface area (Å²) in [4.78, 5) is 16.5. The van der Waals surface area contributed by atoms with Crippen LogP contribution in [0.4, 0.5) is 11.9 Å². The number of nitriles is 1. The van der Waals surface area contributed by atoms with Gasteiger partial charge in [-0.05, 0) is 69.5 Å². The van der Waals surface area contributed by atoms with E-state index in [1.807, 2.05) is 72.8 Å². The van der Waals surface area contributed by atoms with E-state index in [0.29, 0.717) is 48.4 Å². The molecule has 0 atom stereocenters. The number of hydrogen-bond acceptors (Lipinski definition) is 9. The van der Waals surface area contributed by atoms with Crippen molar-refractivity contribution in [1.29, 1.82) is 5.26 Å². The van der Waals surface area contributed by atoms with Crippen LogP contribution in [0.1, 0.15) is 28.9 Å². The molecule has 11 heteroatoms. The van der Waals surface area contributed by atoms with Crippen LogP contribution in [-0.2, 0) is 19.6 Å². The van der Waals surface area contributed by atoms with Gasteiger partial charge in [0, 0.05) is 19.2 Å². The summed E-state index contributed by atoms with van der Waals surface area (Å²) >= 11 is 3.42. The van der Waals surface area contributed by atoms with Crippen molar-refractivity contribution in [2.24, 2.45) is 0 Å². The Morgan fingerprint density at radius 3 is 2.24 bits per heavy atom. The van der Waals surface area contributed by atoms with Gasteiger partial charge in [0.1, 0.15) is 16.1 Å². The Labute approximate surface area is 276 Å². The molecule has 1 N–H and O–H groups in total. The van der Waals surface area contributed by atoms with E-state index >= 15 is 0 Å². The summed E-state index contributed by atoms with van der Waals surface area (Å²) in [6, 6.07) is 25.4. The second-order valence-corrected chi connectivity index (χ2v) is 10.8. The van der Waals surface area contributed by atoms with Crippen LogP contribution in [0.25, 0.3) is 11.2 Å². The van der Waals surface area contributed by atoms with Crippen molar-refractivity contribution in [3.8, 4) is 29.9 Å². The summed E-state index contributed by atoms with van der Waals surface area (Å²) in [5.74, 6) is 5.24. The number of aromatic nitrogens is 5. The molecular formula is C35H31BrN8O2. The van der Waals surface area contributed by atoms with E-state index in [4.69, 9.17) is 36.2 Å². The van der Waals surface area contributed by atoms with Crippen LogP contribution in [0.2, 0.25) is 0 Å². The monoisotopic (exact) mass is 674 g/mol. The average Bonchev–Trinajstić information content (AvgIpc) is 3.50. The molecule has 0 radical (unpaired) electrons. The van der Waals surface area contributed by atoms with Gasteiger partial charge in [-0.1, -0.05) is 48.4 Å². The molecular weight excluding hydrogens is 644 g/mol. The molecule has 0 unspecified atom stereocenters. The number of nitrogens with one attached hydrogen (secondary N) is 1. The zero-order chi connectivity index (χ0) is 32.3. The number of anilines is 2. The molecule has 46 heavy (non-hydrogen) atoms. The predicted molar refractivity (Wildman–Crippen MR) is 182 cm³/mol. The minimum absolute atomic E-state index is 0.273. The number of ether oxygens (including phenoxy) is 2. The highest BCUT2D eigenvalue weighted by Gasteiger charge is 2.20. The number of benzene rings is 2. The molecule has 5 aromatic rings. The Morgan fingerprint density at radius 1 is 0.978 bits per heavy atom. The quantitative estimate of drug-likeness (QED) is 0.0838. The van der Waals surface area contributed by atoms with Crippen molar-refractivity contribution in [3.05, 3.63) is 118 Å². The van der Waals surface area contributed by atoms with Crippen LogP contribution >= 0.6 is 15.9 Å². The Bertz CT molecular complexity index is 1890. The first kappa shape index (κ1) is 31.8. The number of terminal acetylenes is 1. The van der Waals surface area contributed by atoms with E-state index in [1.165, 1.54) is 0 Å². The standard InChI is InChI=1S/C35H31BrN8O2/c1-4-27(9-6-5-7-20-37)31-21-33-41-34(38-22-28-10-8-11-32(36)39-28)42-44(33)35(40-31)43(23-25-12-16-29(45-2)17-13-25)24-26-14-18-30(46-3)19-15-26/h1,5-6,8-19,21H,7,22-24H2,2-3H3,(H,38,42)/b6-5-,27-9+. The van der Waals surface area contributed by atoms with E-state index in [0.717, 1.165) is 32.9 Å². The molecule has 0 saturated heterocycles. The maximum absolute atomic E-state index is 8.93. The van der Waals surface area contributed by atoms with E-state index in [-0.39, 0.29) is 6.42 Å². The number of allylic oxidation sites excluding steroid dienone is 4. The Morgan fingerprint density at radius 2 is 1.65 bits per heavy atom. The van der Waals surface area contributed by atoms with Gasteiger partial charge in [-0.25, -0.2) is 9.97 Å². The number of fused-ring (bicyclic) bond motifs is 1. The normalized spacial score (nSPS) is 11.3. The summed E-state index contributed by atoms with van der Waals surface area (Å²) in [5.41, 5.74) is 4.56. The average molecular weight is 676 g/mol. The maximum Gasteiger partial charge on any atom is 0.243 e. The third kappa shape index (κ3) is 8.08. The smallest absolute Gasteiger partial charge is 0.243 e. The third-order valence-corrected chi connectivity index (χ3v) is 7.34. The van der Waals surface area contributed by atoms with Crippen LogP contribution in [0, 0.1) is 23.7 Å². The van der Waals surface area contributed by atoms with Gasteiger partial charge < -0.3 is 19.7 Å². The SMILES string of the molecule is C#C/C(=C\C=C/CC#N)c1cc2nc(NCc3cccc(Br)n3)nn2c(N(Cc2ccc(OC)cc2)Cc2ccc(OC)cc2)n1. The number of methoxy groups -OCH3 is 2. The van der Waals surface area contributed by atoms with Crippen molar-refractivity contribution in [2.75, 3.05) is 24.4 Å². The van der Waals surface area contributed by atoms with Gasteiger partial charge >= 0.3 is 0 Å². The fourth-order valence-corrected chi connectivity index (χ4v) is 4.98. The molecule has 0 fully saturated rings. The lowest BCUT2D eigenvalue weighted by atomic mass is 10.1. The number of pyridine rings is 1. The van der Waals surface area contributed by atoms with Gasteiger partial charge in [-0.2, -0.15) is 14.8 Å². The number of halogens is 1. The zero-order valence-electron chi connectivity index (χ0n) is 25.4. The van der Waals surface area contributed by atoms with Crippen LogP contribution in [0.15, 0.2) is 95.6 Å². The van der Waals surface area contributed by atoms with Gasteiger partial charge in [0.05, 0.1) is 50.2 Å².